The van der Waals surface area contributed by atoms with Gasteiger partial charge in [0.25, 0.3) is 0 Å². The summed E-state index contributed by atoms with van der Waals surface area (Å²) in [6.45, 7) is 3.19. The molecule has 7 nitrogen and oxygen atoms in total. The Labute approximate surface area is 129 Å². The lowest BCUT2D eigenvalue weighted by molar-refractivity contribution is 0.0585. The zero-order valence-corrected chi connectivity index (χ0v) is 13.2. The van der Waals surface area contributed by atoms with Crippen molar-refractivity contribution in [1.29, 1.82) is 0 Å². The number of sulfonamides is 1. The van der Waals surface area contributed by atoms with Crippen molar-refractivity contribution in [2.45, 2.75) is 30.7 Å². The van der Waals surface area contributed by atoms with Crippen LogP contribution in [0.15, 0.2) is 17.2 Å². The molecule has 0 radical (unpaired) electrons. The third kappa shape index (κ3) is 4.04. The lowest BCUT2D eigenvalue weighted by Crippen LogP contribution is -2.40. The number of hydrogen-bond donors (Lipinski definition) is 3. The highest BCUT2D eigenvalue weighted by Crippen LogP contribution is 2.23. The second-order valence-corrected chi connectivity index (χ2v) is 7.13. The summed E-state index contributed by atoms with van der Waals surface area (Å²) in [5, 5.41) is 0.152. The molecule has 2 rings (SSSR count). The van der Waals surface area contributed by atoms with Gasteiger partial charge in [-0.05, 0) is 31.7 Å². The average Bonchev–Trinajstić information content (AvgIpc) is 2.47. The molecule has 1 aromatic heterocycles. The van der Waals surface area contributed by atoms with Gasteiger partial charge in [0.15, 0.2) is 5.82 Å². The number of anilines is 1. The third-order valence-corrected chi connectivity index (χ3v) is 5.39. The van der Waals surface area contributed by atoms with E-state index in [9.17, 15) is 8.42 Å². The summed E-state index contributed by atoms with van der Waals surface area (Å²) in [5.41, 5.74) is 2.29. The summed E-state index contributed by atoms with van der Waals surface area (Å²) >= 11 is 5.91. The standard InChI is InChI=1S/C12H19ClN4O3S/c1-8(9-2-4-20-5-3-9)17-21(18,19)10-6-11(13)12(16-14)15-7-10/h6-9,17H,2-5,14H2,1H3,(H,15,16). The number of halogens is 1. The van der Waals surface area contributed by atoms with Crippen LogP contribution < -0.4 is 16.0 Å². The second-order valence-electron chi connectivity index (χ2n) is 5.01. The van der Waals surface area contributed by atoms with Crippen molar-refractivity contribution in [2.75, 3.05) is 18.6 Å². The van der Waals surface area contributed by atoms with Crippen LogP contribution in [0.25, 0.3) is 0 Å². The highest BCUT2D eigenvalue weighted by molar-refractivity contribution is 7.89. The van der Waals surface area contributed by atoms with Gasteiger partial charge in [-0.25, -0.2) is 24.0 Å². The van der Waals surface area contributed by atoms with Crippen LogP contribution in [0, 0.1) is 5.92 Å². The summed E-state index contributed by atoms with van der Waals surface area (Å²) in [4.78, 5) is 3.89. The molecule has 4 N–H and O–H groups in total. The van der Waals surface area contributed by atoms with Crippen molar-refractivity contribution in [3.63, 3.8) is 0 Å². The monoisotopic (exact) mass is 334 g/mol. The fourth-order valence-corrected chi connectivity index (χ4v) is 3.87. The van der Waals surface area contributed by atoms with Gasteiger partial charge >= 0.3 is 0 Å². The summed E-state index contributed by atoms with van der Waals surface area (Å²) < 4.78 is 32.6. The first-order valence-electron chi connectivity index (χ1n) is 6.66. The molecule has 9 heteroatoms. The van der Waals surface area contributed by atoms with Crippen LogP contribution in [0.1, 0.15) is 19.8 Å². The zero-order chi connectivity index (χ0) is 15.5. The van der Waals surface area contributed by atoms with E-state index in [0.29, 0.717) is 13.2 Å². The minimum Gasteiger partial charge on any atom is -0.381 e. The molecule has 1 fully saturated rings. The molecule has 1 aliphatic rings. The fraction of sp³-hybridized carbons (Fsp3) is 0.583. The van der Waals surface area contributed by atoms with Crippen LogP contribution in [-0.4, -0.2) is 32.7 Å². The van der Waals surface area contributed by atoms with Crippen LogP contribution in [0.5, 0.6) is 0 Å². The Kier molecular flexibility index (Phi) is 5.39. The summed E-state index contributed by atoms with van der Waals surface area (Å²) in [5.74, 6) is 5.71. The molecule has 1 aromatic rings. The van der Waals surface area contributed by atoms with Gasteiger partial charge < -0.3 is 10.2 Å². The number of nitrogen functional groups attached to an aromatic ring is 1. The average molecular weight is 335 g/mol. The Morgan fingerprint density at radius 1 is 1.48 bits per heavy atom. The van der Waals surface area contributed by atoms with E-state index in [0.717, 1.165) is 12.8 Å². The summed E-state index contributed by atoms with van der Waals surface area (Å²) in [7, 11) is -3.66. The van der Waals surface area contributed by atoms with E-state index in [1.54, 1.807) is 0 Å². The zero-order valence-electron chi connectivity index (χ0n) is 11.7. The first-order valence-corrected chi connectivity index (χ1v) is 8.52. The van der Waals surface area contributed by atoms with Crippen LogP contribution in [0.4, 0.5) is 5.82 Å². The Bertz CT molecular complexity index is 590. The molecule has 21 heavy (non-hydrogen) atoms. The first kappa shape index (κ1) is 16.4. The lowest BCUT2D eigenvalue weighted by Gasteiger charge is -2.28. The fourth-order valence-electron chi connectivity index (χ4n) is 2.30. The van der Waals surface area contributed by atoms with E-state index in [1.165, 1.54) is 12.3 Å². The maximum absolute atomic E-state index is 12.3. The number of nitrogens with zero attached hydrogens (tertiary/aromatic N) is 1. The van der Waals surface area contributed by atoms with E-state index >= 15 is 0 Å². The minimum absolute atomic E-state index is 0.0189. The number of nitrogens with two attached hydrogens (primary N) is 1. The molecule has 2 heterocycles. The molecular weight excluding hydrogens is 316 g/mol. The number of nitrogens with one attached hydrogen (secondary N) is 2. The van der Waals surface area contributed by atoms with Crippen LogP contribution in [-0.2, 0) is 14.8 Å². The van der Waals surface area contributed by atoms with Crippen molar-refractivity contribution in [2.24, 2.45) is 11.8 Å². The molecule has 1 aliphatic heterocycles. The molecule has 0 amide bonds. The minimum atomic E-state index is -3.66. The highest BCUT2D eigenvalue weighted by Gasteiger charge is 2.26. The van der Waals surface area contributed by atoms with Gasteiger partial charge in [-0.1, -0.05) is 11.6 Å². The largest absolute Gasteiger partial charge is 0.381 e. The van der Waals surface area contributed by atoms with Crippen molar-refractivity contribution in [3.05, 3.63) is 17.3 Å². The maximum Gasteiger partial charge on any atom is 0.242 e. The van der Waals surface area contributed by atoms with Crippen molar-refractivity contribution >= 4 is 27.4 Å². The quantitative estimate of drug-likeness (QED) is 0.550. The molecule has 1 atom stereocenters. The van der Waals surface area contributed by atoms with Crippen molar-refractivity contribution < 1.29 is 13.2 Å². The van der Waals surface area contributed by atoms with E-state index in [4.69, 9.17) is 22.2 Å². The van der Waals surface area contributed by atoms with Gasteiger partial charge in [-0.15, -0.1) is 0 Å². The van der Waals surface area contributed by atoms with Gasteiger partial charge in [0, 0.05) is 25.5 Å². The number of aromatic nitrogens is 1. The summed E-state index contributed by atoms with van der Waals surface area (Å²) in [6.07, 6.45) is 2.91. The molecule has 0 bridgehead atoms. The van der Waals surface area contributed by atoms with E-state index in [2.05, 4.69) is 15.1 Å². The molecule has 118 valence electrons. The van der Waals surface area contributed by atoms with E-state index < -0.39 is 10.0 Å². The van der Waals surface area contributed by atoms with Crippen LogP contribution in [0.3, 0.4) is 0 Å². The first-order chi connectivity index (χ1) is 9.94. The van der Waals surface area contributed by atoms with Crippen molar-refractivity contribution in [3.8, 4) is 0 Å². The topological polar surface area (TPSA) is 106 Å². The van der Waals surface area contributed by atoms with Gasteiger partial charge in [0.2, 0.25) is 10.0 Å². The van der Waals surface area contributed by atoms with E-state index in [-0.39, 0.29) is 27.7 Å². The number of ether oxygens (including phenoxy) is 1. The van der Waals surface area contributed by atoms with Crippen LogP contribution in [0.2, 0.25) is 5.02 Å². The molecule has 0 saturated carbocycles. The lowest BCUT2D eigenvalue weighted by atomic mass is 9.94. The molecule has 1 unspecified atom stereocenters. The molecular formula is C12H19ClN4O3S. The van der Waals surface area contributed by atoms with Gasteiger partial charge in [0.1, 0.15) is 4.90 Å². The van der Waals surface area contributed by atoms with Gasteiger partial charge in [-0.3, -0.25) is 0 Å². The number of hydrazine groups is 1. The Hall–Kier alpha value is -0.930. The predicted molar refractivity (Wildman–Crippen MR) is 80.4 cm³/mol. The maximum atomic E-state index is 12.3. The second kappa shape index (κ2) is 6.89. The van der Waals surface area contributed by atoms with Crippen molar-refractivity contribution in [1.82, 2.24) is 9.71 Å². The highest BCUT2D eigenvalue weighted by atomic mass is 35.5. The number of pyridine rings is 1. The van der Waals surface area contributed by atoms with E-state index in [1.807, 2.05) is 6.92 Å². The number of rotatable bonds is 5. The Morgan fingerprint density at radius 2 is 2.14 bits per heavy atom. The normalized spacial score (nSPS) is 18.4. The smallest absolute Gasteiger partial charge is 0.242 e. The number of hydrogen-bond acceptors (Lipinski definition) is 6. The Morgan fingerprint density at radius 3 is 2.71 bits per heavy atom. The van der Waals surface area contributed by atoms with Crippen LogP contribution >= 0.6 is 11.6 Å². The summed E-state index contributed by atoms with van der Waals surface area (Å²) in [6, 6.07) is 1.15. The predicted octanol–water partition coefficient (Wildman–Crippen LogP) is 1.11. The molecule has 1 saturated heterocycles. The Balaban J connectivity index is 2.12. The molecule has 0 spiro atoms. The molecule has 0 aliphatic carbocycles. The van der Waals surface area contributed by atoms with Gasteiger partial charge in [-0.2, -0.15) is 0 Å². The third-order valence-electron chi connectivity index (χ3n) is 3.58. The molecule has 0 aromatic carbocycles. The van der Waals surface area contributed by atoms with Gasteiger partial charge in [0.05, 0.1) is 5.02 Å². The SMILES string of the molecule is CC(NS(=O)(=O)c1cnc(NN)c(Cl)c1)C1CCOCC1.